The van der Waals surface area contributed by atoms with Crippen molar-refractivity contribution < 1.29 is 107 Å². The number of nitrogens with zero attached hydrogens (tertiary/aromatic N) is 4. The molecule has 16 N–H and O–H groups in total. The van der Waals surface area contributed by atoms with E-state index in [-0.39, 0.29) is 79.5 Å². The molecule has 4 heterocycles. The highest BCUT2D eigenvalue weighted by Crippen LogP contribution is 2.42. The molecule has 0 aromatic heterocycles. The van der Waals surface area contributed by atoms with Crippen LogP contribution in [0.25, 0.3) is 11.4 Å². The van der Waals surface area contributed by atoms with Crippen LogP contribution in [0.1, 0.15) is 115 Å². The predicted octanol–water partition coefficient (Wildman–Crippen LogP) is 0.836. The van der Waals surface area contributed by atoms with Crippen LogP contribution in [0.4, 0.5) is 8.78 Å². The zero-order valence-electron chi connectivity index (χ0n) is 56.2. The first-order chi connectivity index (χ1) is 47.9. The van der Waals surface area contributed by atoms with Gasteiger partial charge in [-0.1, -0.05) is 74.9 Å². The van der Waals surface area contributed by atoms with Crippen molar-refractivity contribution >= 4 is 35.0 Å². The summed E-state index contributed by atoms with van der Waals surface area (Å²) in [5, 5.41) is 119. The first-order valence-electron chi connectivity index (χ1n) is 34.5. The van der Waals surface area contributed by atoms with Gasteiger partial charge in [0.05, 0.1) is 68.3 Å². The number of carbonyl (C=O) groups is 4. The van der Waals surface area contributed by atoms with Gasteiger partial charge in [-0.25, -0.2) is 14.3 Å². The van der Waals surface area contributed by atoms with E-state index in [2.05, 4.69) is 31.6 Å². The molecule has 556 valence electrons. The van der Waals surface area contributed by atoms with Gasteiger partial charge in [0.15, 0.2) is 18.9 Å². The molecule has 3 saturated carbocycles. The van der Waals surface area contributed by atoms with Gasteiger partial charge in [0.1, 0.15) is 83.8 Å². The van der Waals surface area contributed by atoms with Crippen LogP contribution in [0.3, 0.4) is 0 Å². The van der Waals surface area contributed by atoms with Gasteiger partial charge in [-0.15, -0.1) is 0 Å². The molecule has 4 amide bonds. The van der Waals surface area contributed by atoms with Crippen molar-refractivity contribution in [2.24, 2.45) is 39.7 Å². The number of likely N-dealkylation sites (tertiary alicyclic amines) is 1. The van der Waals surface area contributed by atoms with Crippen LogP contribution in [0.15, 0.2) is 71.2 Å². The Bertz CT molecular complexity index is 3140. The third-order valence-electron chi connectivity index (χ3n) is 20.5. The van der Waals surface area contributed by atoms with Crippen molar-refractivity contribution in [1.29, 1.82) is 5.53 Å². The Morgan fingerprint density at radius 3 is 2.03 bits per heavy atom. The van der Waals surface area contributed by atoms with E-state index >= 15 is 0 Å². The van der Waals surface area contributed by atoms with Gasteiger partial charge in [0.2, 0.25) is 17.7 Å². The Morgan fingerprint density at radius 2 is 1.43 bits per heavy atom. The van der Waals surface area contributed by atoms with Crippen LogP contribution in [-0.4, -0.2) is 248 Å². The lowest BCUT2D eigenvalue weighted by Gasteiger charge is -2.51. The van der Waals surface area contributed by atoms with E-state index in [9.17, 15) is 78.9 Å². The Labute approximate surface area is 577 Å². The standard InChI is InChI=1S/C67H98F2N10O21/c1-4-37-22-40(27-48(60(37)99-66-59(88)58(87)55(84)34(2)94-66)97-64-53(75-35(3)83)50(28-67(32-81,33-82)100-64)95-49(63(91)78-19-10-20-78)21-36-11-6-5-7-12-36)61(89)72-17-18-73-62(90)41-25-45(74-29-46(76-71)39-14-9-16-43(69)24-39)56(85)47(26-41)96-65-57(86)54(52(77-92)51(31-80)98-65)79(93)30-44(70)38-13-8-15-42(68)23-38/h8-9,13-16,23-24,29-30,34,36-37,40-41,45,47-60,64-66,71,74,80-82,84-88,93H,4-7,10-12,17-22,25-28,31-33,70H2,1-3H3,(H,72,89)(H,73,90)(H,75,83)/b44-30-,46-29-,76-71?/t34-,37?,40?,41?,45?,47-,48-,49-,50?,51?,52+,53?,54?,55?,56?,57?,58?,59+,60?,64-,65-,66?/m0/s1. The lowest BCUT2D eigenvalue weighted by molar-refractivity contribution is -0.342. The summed E-state index contributed by atoms with van der Waals surface area (Å²) >= 11 is 0. The number of benzene rings is 2. The first-order valence-corrected chi connectivity index (χ1v) is 34.5. The maximum Gasteiger partial charge on any atom is 0.251 e. The highest BCUT2D eigenvalue weighted by molar-refractivity contribution is 5.82. The van der Waals surface area contributed by atoms with Crippen LogP contribution >= 0.6 is 0 Å². The van der Waals surface area contributed by atoms with Gasteiger partial charge in [0, 0.05) is 68.7 Å². The lowest BCUT2D eigenvalue weighted by atomic mass is 9.75. The van der Waals surface area contributed by atoms with E-state index in [1.807, 2.05) is 6.92 Å². The SMILES string of the molecule is CCC1CC(C(=O)NCCNC(=O)C2CC(N/C=C(\N=N)c3cccc(F)c3)C(O)[C@@H](O[C@H]3OC(CO)[C@@H](N=O)C(N(O)/C=C(\N)c4cccc(F)c4)C3O)C2)C[C@H](O[C@H]2OC(CO)(CO)CC(O[C@@H](CC3CCCCC3)C(=O)N3CCC3)C2NC(C)=O)C1OC1O[C@@H](C)C(O)C(O)[C@H]1O. The zero-order chi connectivity index (χ0) is 72.1. The van der Waals surface area contributed by atoms with Crippen LogP contribution in [-0.2, 0) is 52.3 Å². The number of hydrogen-bond donors (Lipinski definition) is 15. The molecule has 2 aromatic rings. The van der Waals surface area contributed by atoms with E-state index in [0.29, 0.717) is 31.0 Å². The molecular weight excluding hydrogens is 1320 g/mol. The minimum absolute atomic E-state index is 0.0753. The molecule has 7 aliphatic rings. The van der Waals surface area contributed by atoms with Crippen molar-refractivity contribution in [1.82, 2.24) is 31.2 Å². The molecule has 22 atom stereocenters. The van der Waals surface area contributed by atoms with Gasteiger partial charge >= 0.3 is 0 Å². The summed E-state index contributed by atoms with van der Waals surface area (Å²) in [5.74, 6) is -5.53. The predicted molar refractivity (Wildman–Crippen MR) is 347 cm³/mol. The molecule has 0 radical (unpaired) electrons. The van der Waals surface area contributed by atoms with E-state index < -0.39 is 189 Å². The minimum Gasteiger partial charge on any atom is -0.397 e. The summed E-state index contributed by atoms with van der Waals surface area (Å²) in [7, 11) is 0. The Balaban J connectivity index is 0.932. The number of halogens is 2. The van der Waals surface area contributed by atoms with Crippen LogP contribution < -0.4 is 27.0 Å². The summed E-state index contributed by atoms with van der Waals surface area (Å²) in [5.41, 5.74) is 12.3. The molecule has 7 fully saturated rings. The Morgan fingerprint density at radius 1 is 0.800 bits per heavy atom. The number of hydrogen-bond acceptors (Lipinski definition) is 27. The molecule has 14 unspecified atom stereocenters. The highest BCUT2D eigenvalue weighted by atomic mass is 19.1. The van der Waals surface area contributed by atoms with E-state index in [1.165, 1.54) is 50.4 Å². The molecule has 33 heteroatoms. The third kappa shape index (κ3) is 18.9. The fourth-order valence-electron chi connectivity index (χ4n) is 14.7. The van der Waals surface area contributed by atoms with E-state index in [1.54, 1.807) is 4.90 Å². The Hall–Kier alpha value is -6.38. The molecule has 3 aliphatic carbocycles. The van der Waals surface area contributed by atoms with Crippen molar-refractivity contribution in [2.45, 2.75) is 226 Å². The van der Waals surface area contributed by atoms with Crippen LogP contribution in [0, 0.1) is 45.7 Å². The number of nitrogens with two attached hydrogens (primary N) is 1. The summed E-state index contributed by atoms with van der Waals surface area (Å²) in [6, 6.07) is 4.47. The van der Waals surface area contributed by atoms with Crippen molar-refractivity contribution in [3.63, 3.8) is 0 Å². The number of ether oxygens (including phenoxy) is 7. The third-order valence-corrected chi connectivity index (χ3v) is 20.5. The molecule has 100 heavy (non-hydrogen) atoms. The normalized spacial score (nSPS) is 34.6. The molecule has 0 bridgehead atoms. The number of rotatable bonds is 29. The number of aliphatic hydroxyl groups is 8. The first kappa shape index (κ1) is 77.8. The average Bonchev–Trinajstić information content (AvgIpc) is 0.773. The van der Waals surface area contributed by atoms with E-state index in [4.69, 9.17) is 44.4 Å². The maximum atomic E-state index is 14.6. The molecule has 9 rings (SSSR count). The second-order valence-electron chi connectivity index (χ2n) is 27.4. The number of hydroxylamine groups is 2. The number of nitroso groups, excluding NO2 is 1. The number of carbonyl (C=O) groups excluding carboxylic acids is 4. The summed E-state index contributed by atoms with van der Waals surface area (Å²) in [6.07, 6.45) is -13.9. The molecule has 4 aliphatic heterocycles. The van der Waals surface area contributed by atoms with Gasteiger partial charge in [-0.3, -0.25) is 29.4 Å². The van der Waals surface area contributed by atoms with Gasteiger partial charge in [-0.05, 0) is 81.5 Å². The van der Waals surface area contributed by atoms with Crippen molar-refractivity contribution in [2.75, 3.05) is 46.0 Å². The fraction of sp³-hybridized carbons (Fsp3) is 0.701. The summed E-state index contributed by atoms with van der Waals surface area (Å²) in [4.78, 5) is 70.6. The summed E-state index contributed by atoms with van der Waals surface area (Å²) in [6.45, 7) is 2.91. The van der Waals surface area contributed by atoms with Crippen LogP contribution in [0.5, 0.6) is 0 Å². The lowest BCUT2D eigenvalue weighted by Crippen LogP contribution is -2.66. The van der Waals surface area contributed by atoms with Crippen molar-refractivity contribution in [3.8, 4) is 0 Å². The van der Waals surface area contributed by atoms with Gasteiger partial charge in [-0.2, -0.15) is 10.0 Å². The molecule has 2 aromatic carbocycles. The van der Waals surface area contributed by atoms with E-state index in [0.717, 1.165) is 62.9 Å². The van der Waals surface area contributed by atoms with Crippen molar-refractivity contribution in [3.05, 3.63) is 88.6 Å². The minimum atomic E-state index is -2.00. The molecule has 0 spiro atoms. The summed E-state index contributed by atoms with van der Waals surface area (Å²) < 4.78 is 73.4. The monoisotopic (exact) mass is 1420 g/mol. The number of amides is 4. The number of aliphatic hydroxyl groups excluding tert-OH is 8. The second-order valence-corrected chi connectivity index (χ2v) is 27.4. The highest BCUT2D eigenvalue weighted by Gasteiger charge is 2.55. The zero-order valence-corrected chi connectivity index (χ0v) is 56.2. The van der Waals surface area contributed by atoms with Gasteiger partial charge < -0.3 is 106 Å². The van der Waals surface area contributed by atoms with Gasteiger partial charge in [0.25, 0.3) is 5.91 Å². The number of nitrogens with one attached hydrogen (secondary N) is 5. The quantitative estimate of drug-likeness (QED) is 0.0232. The fourth-order valence-corrected chi connectivity index (χ4v) is 14.7. The smallest absolute Gasteiger partial charge is 0.251 e. The average molecular weight is 1420 g/mol. The second kappa shape index (κ2) is 35.7. The topological polar surface area (TPSA) is 461 Å². The Kier molecular flexibility index (Phi) is 27.7. The molecule has 4 saturated heterocycles. The largest absolute Gasteiger partial charge is 0.397 e. The maximum absolute atomic E-state index is 14.6. The molecular formula is C67H98F2N10O21. The van der Waals surface area contributed by atoms with Crippen LogP contribution in [0.2, 0.25) is 0 Å². The molecule has 31 nitrogen and oxygen atoms in total.